The Labute approximate surface area is 161 Å². The van der Waals surface area contributed by atoms with Crippen LogP contribution in [0.2, 0.25) is 0 Å². The standard InChI is InChI=1S/C22H28N2OS/c1-24(12-11-16-9-10-22-18(13-16)14-23-26-22)15-17-5-3-7-20-19(17)6-4-8-21(20)25-2/h4,6,8-10,13,17,23H,3,5,7,11-12,14-15H2,1-2H3. The van der Waals surface area contributed by atoms with E-state index in [0.29, 0.717) is 5.92 Å². The lowest BCUT2D eigenvalue weighted by molar-refractivity contribution is 0.299. The molecule has 4 heteroatoms. The number of fused-ring (bicyclic) bond motifs is 2. The van der Waals surface area contributed by atoms with Crippen molar-refractivity contribution in [1.82, 2.24) is 9.62 Å². The number of methoxy groups -OCH3 is 1. The summed E-state index contributed by atoms with van der Waals surface area (Å²) < 4.78 is 8.94. The van der Waals surface area contributed by atoms with Gasteiger partial charge in [-0.2, -0.15) is 0 Å². The largest absolute Gasteiger partial charge is 0.496 e. The van der Waals surface area contributed by atoms with E-state index in [2.05, 4.69) is 53.1 Å². The van der Waals surface area contributed by atoms with Crippen LogP contribution in [0.25, 0.3) is 0 Å². The molecule has 0 aromatic heterocycles. The third-order valence-electron chi connectivity index (χ3n) is 5.69. The van der Waals surface area contributed by atoms with E-state index in [1.807, 2.05) is 0 Å². The second kappa shape index (κ2) is 8.03. The lowest BCUT2D eigenvalue weighted by Crippen LogP contribution is -2.28. The van der Waals surface area contributed by atoms with Crippen molar-refractivity contribution in [2.24, 2.45) is 0 Å². The fourth-order valence-electron chi connectivity index (χ4n) is 4.30. The minimum Gasteiger partial charge on any atom is -0.496 e. The van der Waals surface area contributed by atoms with E-state index in [1.54, 1.807) is 19.1 Å². The summed E-state index contributed by atoms with van der Waals surface area (Å²) in [7, 11) is 4.05. The van der Waals surface area contributed by atoms with E-state index in [0.717, 1.165) is 38.2 Å². The number of hydrogen-bond acceptors (Lipinski definition) is 4. The molecule has 1 N–H and O–H groups in total. The first kappa shape index (κ1) is 17.9. The molecule has 0 saturated heterocycles. The molecule has 1 aliphatic carbocycles. The Bertz CT molecular complexity index is 777. The molecule has 2 aromatic carbocycles. The second-order valence-electron chi connectivity index (χ2n) is 7.49. The van der Waals surface area contributed by atoms with Gasteiger partial charge in [-0.3, -0.25) is 4.72 Å². The first-order valence-corrected chi connectivity index (χ1v) is 10.4. The summed E-state index contributed by atoms with van der Waals surface area (Å²) in [6, 6.07) is 13.5. The van der Waals surface area contributed by atoms with Crippen molar-refractivity contribution in [2.75, 3.05) is 27.2 Å². The van der Waals surface area contributed by atoms with E-state index in [4.69, 9.17) is 4.74 Å². The average molecular weight is 369 g/mol. The van der Waals surface area contributed by atoms with Crippen LogP contribution in [-0.2, 0) is 19.4 Å². The summed E-state index contributed by atoms with van der Waals surface area (Å²) in [4.78, 5) is 3.88. The molecule has 4 rings (SSSR count). The van der Waals surface area contributed by atoms with E-state index < -0.39 is 0 Å². The molecule has 2 aliphatic rings. The first-order chi connectivity index (χ1) is 12.7. The van der Waals surface area contributed by atoms with Crippen molar-refractivity contribution in [3.05, 3.63) is 58.7 Å². The zero-order valence-electron chi connectivity index (χ0n) is 15.8. The quantitative estimate of drug-likeness (QED) is 0.764. The molecule has 1 unspecified atom stereocenters. The van der Waals surface area contributed by atoms with Gasteiger partial charge >= 0.3 is 0 Å². The lowest BCUT2D eigenvalue weighted by atomic mass is 9.82. The molecule has 0 bridgehead atoms. The predicted octanol–water partition coefficient (Wildman–Crippen LogP) is 4.40. The normalized spacial score (nSPS) is 18.7. The van der Waals surface area contributed by atoms with Gasteiger partial charge in [0.2, 0.25) is 0 Å². The zero-order valence-corrected chi connectivity index (χ0v) is 16.6. The number of ether oxygens (including phenoxy) is 1. The average Bonchev–Trinajstić information content (AvgIpc) is 3.14. The highest BCUT2D eigenvalue weighted by molar-refractivity contribution is 7.97. The molecule has 0 spiro atoms. The molecule has 0 fully saturated rings. The molecule has 0 radical (unpaired) electrons. The monoisotopic (exact) mass is 368 g/mol. The highest BCUT2D eigenvalue weighted by Gasteiger charge is 2.23. The summed E-state index contributed by atoms with van der Waals surface area (Å²) in [6.45, 7) is 3.22. The van der Waals surface area contributed by atoms with Crippen molar-refractivity contribution in [3.63, 3.8) is 0 Å². The van der Waals surface area contributed by atoms with Crippen molar-refractivity contribution >= 4 is 11.9 Å². The van der Waals surface area contributed by atoms with Crippen LogP contribution in [0.5, 0.6) is 5.75 Å². The van der Waals surface area contributed by atoms with Gasteiger partial charge in [0.1, 0.15) is 5.75 Å². The minimum atomic E-state index is 0.625. The molecule has 1 atom stereocenters. The van der Waals surface area contributed by atoms with E-state index in [-0.39, 0.29) is 0 Å². The Balaban J connectivity index is 1.38. The van der Waals surface area contributed by atoms with Crippen molar-refractivity contribution in [2.45, 2.75) is 43.0 Å². The smallest absolute Gasteiger partial charge is 0.122 e. The van der Waals surface area contributed by atoms with Gasteiger partial charge in [0.25, 0.3) is 0 Å². The van der Waals surface area contributed by atoms with Crippen molar-refractivity contribution in [1.29, 1.82) is 0 Å². The Morgan fingerprint density at radius 2 is 2.19 bits per heavy atom. The van der Waals surface area contributed by atoms with Crippen LogP contribution in [0.1, 0.15) is 41.0 Å². The summed E-state index contributed by atoms with van der Waals surface area (Å²) >= 11 is 1.75. The van der Waals surface area contributed by atoms with Crippen LogP contribution < -0.4 is 9.46 Å². The summed E-state index contributed by atoms with van der Waals surface area (Å²) in [5, 5.41) is 0. The van der Waals surface area contributed by atoms with Crippen molar-refractivity contribution in [3.8, 4) is 5.75 Å². The van der Waals surface area contributed by atoms with Gasteiger partial charge in [0.05, 0.1) is 7.11 Å². The van der Waals surface area contributed by atoms with Gasteiger partial charge in [-0.15, -0.1) is 0 Å². The summed E-state index contributed by atoms with van der Waals surface area (Å²) in [5.74, 6) is 1.69. The van der Waals surface area contributed by atoms with Crippen molar-refractivity contribution < 1.29 is 4.74 Å². The van der Waals surface area contributed by atoms with E-state index >= 15 is 0 Å². The van der Waals surface area contributed by atoms with Gasteiger partial charge in [-0.25, -0.2) is 0 Å². The maximum absolute atomic E-state index is 5.59. The maximum atomic E-state index is 5.59. The van der Waals surface area contributed by atoms with E-state index in [9.17, 15) is 0 Å². The van der Waals surface area contributed by atoms with Gasteiger partial charge in [-0.1, -0.05) is 24.3 Å². The fraction of sp³-hybridized carbons (Fsp3) is 0.455. The van der Waals surface area contributed by atoms with Gasteiger partial charge in [-0.05, 0) is 85.0 Å². The number of benzene rings is 2. The number of hydrogen-bond donors (Lipinski definition) is 1. The third kappa shape index (κ3) is 3.78. The summed E-state index contributed by atoms with van der Waals surface area (Å²) in [5.41, 5.74) is 5.83. The van der Waals surface area contributed by atoms with E-state index in [1.165, 1.54) is 40.0 Å². The molecule has 26 heavy (non-hydrogen) atoms. The van der Waals surface area contributed by atoms with Gasteiger partial charge < -0.3 is 9.64 Å². The SMILES string of the molecule is COc1cccc2c1CCCC2CN(C)CCc1ccc2c(c1)CNS2. The molecule has 3 nitrogen and oxygen atoms in total. The molecule has 138 valence electrons. The van der Waals surface area contributed by atoms with Crippen LogP contribution in [-0.4, -0.2) is 32.1 Å². The maximum Gasteiger partial charge on any atom is 0.122 e. The highest BCUT2D eigenvalue weighted by Crippen LogP contribution is 2.37. The topological polar surface area (TPSA) is 24.5 Å². The predicted molar refractivity (Wildman–Crippen MR) is 109 cm³/mol. The van der Waals surface area contributed by atoms with Gasteiger partial charge in [0, 0.05) is 24.5 Å². The Morgan fingerprint density at radius 3 is 3.08 bits per heavy atom. The fourth-order valence-corrected chi connectivity index (χ4v) is 5.08. The van der Waals surface area contributed by atoms with Crippen LogP contribution in [0.3, 0.4) is 0 Å². The van der Waals surface area contributed by atoms with Crippen LogP contribution in [0.4, 0.5) is 0 Å². The second-order valence-corrected chi connectivity index (χ2v) is 8.43. The lowest BCUT2D eigenvalue weighted by Gasteiger charge is -2.30. The molecular weight excluding hydrogens is 340 g/mol. The van der Waals surface area contributed by atoms with Gasteiger partial charge in [0.15, 0.2) is 0 Å². The van der Waals surface area contributed by atoms with Crippen LogP contribution in [0.15, 0.2) is 41.3 Å². The molecule has 2 aromatic rings. The zero-order chi connectivity index (χ0) is 17.9. The van der Waals surface area contributed by atoms with Crippen LogP contribution >= 0.6 is 11.9 Å². The molecule has 1 aliphatic heterocycles. The first-order valence-electron chi connectivity index (χ1n) is 9.60. The molecule has 0 saturated carbocycles. The molecule has 1 heterocycles. The Morgan fingerprint density at radius 1 is 1.27 bits per heavy atom. The minimum absolute atomic E-state index is 0.625. The molecular formula is C22H28N2OS. The molecule has 0 amide bonds. The number of nitrogens with zero attached hydrogens (tertiary/aromatic N) is 1. The summed E-state index contributed by atoms with van der Waals surface area (Å²) in [6.07, 6.45) is 4.82. The highest BCUT2D eigenvalue weighted by atomic mass is 32.2. The third-order valence-corrected chi connectivity index (χ3v) is 6.60. The Kier molecular flexibility index (Phi) is 5.53. The Hall–Kier alpha value is -1.49. The number of likely N-dealkylation sites (N-methyl/N-ethyl adjacent to an activating group) is 1. The van der Waals surface area contributed by atoms with Crippen LogP contribution in [0, 0.1) is 0 Å². The number of nitrogens with one attached hydrogen (secondary N) is 1. The number of rotatable bonds is 6.